The van der Waals surface area contributed by atoms with Crippen LogP contribution in [0.3, 0.4) is 0 Å². The first-order valence-electron chi connectivity index (χ1n) is 5.46. The van der Waals surface area contributed by atoms with Gasteiger partial charge in [-0.2, -0.15) is 0 Å². The molecule has 0 N–H and O–H groups in total. The van der Waals surface area contributed by atoms with Crippen LogP contribution >= 0.6 is 0 Å². The quantitative estimate of drug-likeness (QED) is 0.192. The molecule has 0 aromatic carbocycles. The summed E-state index contributed by atoms with van der Waals surface area (Å²) >= 11 is 0. The summed E-state index contributed by atoms with van der Waals surface area (Å²) in [6, 6.07) is 0. The van der Waals surface area contributed by atoms with E-state index in [1.807, 2.05) is 0 Å². The second-order valence-corrected chi connectivity index (χ2v) is 2.95. The molecule has 0 amide bonds. The van der Waals surface area contributed by atoms with Crippen molar-refractivity contribution in [1.82, 2.24) is 0 Å². The summed E-state index contributed by atoms with van der Waals surface area (Å²) in [6.45, 7) is 9.71. The van der Waals surface area contributed by atoms with Crippen LogP contribution in [0.4, 0.5) is 0 Å². The highest BCUT2D eigenvalue weighted by molar-refractivity contribution is 6.04. The lowest BCUT2D eigenvalue weighted by molar-refractivity contribution is -0.150. The minimum Gasteiger partial charge on any atom is -0.466 e. The molecule has 0 radical (unpaired) electrons. The zero-order valence-electron chi connectivity index (χ0n) is 11.6. The van der Waals surface area contributed by atoms with E-state index in [0.717, 1.165) is 24.5 Å². The van der Waals surface area contributed by atoms with Gasteiger partial charge in [0.2, 0.25) is 0 Å². The highest BCUT2D eigenvalue weighted by Crippen LogP contribution is 1.92. The van der Waals surface area contributed by atoms with Crippen molar-refractivity contribution in [2.24, 2.45) is 0 Å². The van der Waals surface area contributed by atoms with E-state index in [2.05, 4.69) is 33.9 Å². The lowest BCUT2D eigenvalue weighted by Crippen LogP contribution is -1.96. The first-order chi connectivity index (χ1) is 9.90. The molecule has 0 atom stereocenters. The first-order valence-corrected chi connectivity index (χ1v) is 5.46. The van der Waals surface area contributed by atoms with E-state index in [9.17, 15) is 19.2 Å². The minimum atomic E-state index is -0.579. The Labute approximate surface area is 122 Å². The molecule has 21 heavy (non-hydrogen) atoms. The summed E-state index contributed by atoms with van der Waals surface area (Å²) in [5, 5.41) is 0. The fraction of sp³-hybridized carbons (Fsp3) is 0.143. The van der Waals surface area contributed by atoms with Crippen molar-refractivity contribution in [3.05, 3.63) is 50.3 Å². The molecule has 1 aliphatic rings. The topological polar surface area (TPSA) is 96.0 Å². The molecule has 0 fully saturated rings. The number of carbonyl (C=O) groups excluding carboxylic acids is 4. The van der Waals surface area contributed by atoms with Gasteiger partial charge in [0.1, 0.15) is 0 Å². The van der Waals surface area contributed by atoms with Crippen LogP contribution in [0.15, 0.2) is 50.3 Å². The maximum atomic E-state index is 10.3. The molecule has 0 saturated carbocycles. The highest BCUT2D eigenvalue weighted by atomic mass is 16.6. The minimum absolute atomic E-state index is 0.242. The van der Waals surface area contributed by atoms with Crippen molar-refractivity contribution in [2.45, 2.75) is 6.42 Å². The monoisotopic (exact) mass is 296 g/mol. The number of carbonyl (C=O) groups is 4. The zero-order valence-corrected chi connectivity index (χ0v) is 11.6. The van der Waals surface area contributed by atoms with Crippen LogP contribution in [0.25, 0.3) is 0 Å². The molecule has 1 rings (SSSR count). The number of ether oxygens (including phenoxy) is 3. The fourth-order valence-electron chi connectivity index (χ4n) is 0.646. The fourth-order valence-corrected chi connectivity index (χ4v) is 0.646. The van der Waals surface area contributed by atoms with Gasteiger partial charge in [0.15, 0.2) is 0 Å². The third-order valence-corrected chi connectivity index (χ3v) is 1.45. The van der Waals surface area contributed by atoms with Crippen molar-refractivity contribution in [2.75, 3.05) is 7.11 Å². The predicted octanol–water partition coefficient (Wildman–Crippen LogP) is 1.22. The van der Waals surface area contributed by atoms with Crippen molar-refractivity contribution >= 4 is 23.9 Å². The second kappa shape index (κ2) is 13.5. The van der Waals surface area contributed by atoms with E-state index >= 15 is 0 Å². The maximum Gasteiger partial charge on any atom is 0.338 e. The summed E-state index contributed by atoms with van der Waals surface area (Å²) in [5.74, 6) is -1.87. The van der Waals surface area contributed by atoms with Crippen LogP contribution in [0.5, 0.6) is 0 Å². The molecule has 0 bridgehead atoms. The summed E-state index contributed by atoms with van der Waals surface area (Å²) < 4.78 is 12.5. The van der Waals surface area contributed by atoms with Crippen LogP contribution in [-0.4, -0.2) is 31.0 Å². The molecule has 1 aliphatic heterocycles. The van der Waals surface area contributed by atoms with E-state index in [1.165, 1.54) is 13.2 Å². The van der Waals surface area contributed by atoms with Crippen LogP contribution in [-0.2, 0) is 33.4 Å². The van der Waals surface area contributed by atoms with Gasteiger partial charge in [-0.15, -0.1) is 6.58 Å². The van der Waals surface area contributed by atoms with Crippen LogP contribution in [0.1, 0.15) is 6.42 Å². The van der Waals surface area contributed by atoms with Gasteiger partial charge in [-0.25, -0.2) is 14.4 Å². The van der Waals surface area contributed by atoms with Gasteiger partial charge in [-0.1, -0.05) is 19.2 Å². The molecular weight excluding hydrogens is 280 g/mol. The van der Waals surface area contributed by atoms with Crippen molar-refractivity contribution in [3.8, 4) is 0 Å². The molecule has 7 nitrogen and oxygen atoms in total. The zero-order chi connectivity index (χ0) is 16.7. The molecule has 0 spiro atoms. The van der Waals surface area contributed by atoms with E-state index in [1.54, 1.807) is 0 Å². The molecular formula is C14H16O7. The summed E-state index contributed by atoms with van der Waals surface area (Å²) in [6.07, 6.45) is 6.11. The Hall–Kier alpha value is -2.96. The SMILES string of the molecule is C=CC(=O)OC.C=CCC(=O)OC=C.O=C1C=CC(=O)O1. The van der Waals surface area contributed by atoms with Crippen LogP contribution < -0.4 is 0 Å². The molecule has 0 aromatic heterocycles. The van der Waals surface area contributed by atoms with Gasteiger partial charge in [-0.3, -0.25) is 4.79 Å². The average Bonchev–Trinajstić information content (AvgIpc) is 2.83. The molecule has 1 heterocycles. The highest BCUT2D eigenvalue weighted by Gasteiger charge is 2.10. The maximum absolute atomic E-state index is 10.3. The third-order valence-electron chi connectivity index (χ3n) is 1.45. The smallest absolute Gasteiger partial charge is 0.338 e. The Kier molecular flexibility index (Phi) is 13.1. The second-order valence-electron chi connectivity index (χ2n) is 2.95. The molecule has 0 unspecified atom stereocenters. The molecule has 114 valence electrons. The van der Waals surface area contributed by atoms with E-state index in [4.69, 9.17) is 0 Å². The number of cyclic esters (lactones) is 2. The van der Waals surface area contributed by atoms with Crippen LogP contribution in [0, 0.1) is 0 Å². The van der Waals surface area contributed by atoms with E-state index in [-0.39, 0.29) is 12.4 Å². The molecule has 0 aliphatic carbocycles. The van der Waals surface area contributed by atoms with Crippen LogP contribution in [0.2, 0.25) is 0 Å². The summed E-state index contributed by atoms with van der Waals surface area (Å²) in [7, 11) is 1.31. The number of rotatable bonds is 4. The van der Waals surface area contributed by atoms with Gasteiger partial charge < -0.3 is 14.2 Å². The first kappa shape index (κ1) is 20.4. The number of hydrogen-bond donors (Lipinski definition) is 0. The lowest BCUT2D eigenvalue weighted by atomic mass is 10.4. The Balaban J connectivity index is 0. The molecule has 0 saturated heterocycles. The Morgan fingerprint density at radius 1 is 1.19 bits per heavy atom. The van der Waals surface area contributed by atoms with Gasteiger partial charge in [0, 0.05) is 18.2 Å². The van der Waals surface area contributed by atoms with Gasteiger partial charge in [0.25, 0.3) is 0 Å². The number of esters is 4. The van der Waals surface area contributed by atoms with E-state index in [0.29, 0.717) is 0 Å². The van der Waals surface area contributed by atoms with Gasteiger partial charge in [-0.05, 0) is 0 Å². The third kappa shape index (κ3) is 15.0. The predicted molar refractivity (Wildman–Crippen MR) is 73.6 cm³/mol. The Morgan fingerprint density at radius 3 is 1.90 bits per heavy atom. The van der Waals surface area contributed by atoms with Gasteiger partial charge in [0.05, 0.1) is 19.8 Å². The summed E-state index contributed by atoms with van der Waals surface area (Å²) in [4.78, 5) is 40.0. The normalized spacial score (nSPS) is 10.7. The number of hydrogen-bond acceptors (Lipinski definition) is 7. The molecule has 7 heteroatoms. The summed E-state index contributed by atoms with van der Waals surface area (Å²) in [5.41, 5.74) is 0. The molecule has 0 aromatic rings. The standard InChI is InChI=1S/C6H8O2.C4H2O3.C4H6O2/c1-3-5-6(7)8-4-2;5-3-1-2-4(6)7-3;1-3-4(5)6-2/h3-4H,1-2,5H2;1-2H;3H,1H2,2H3. The van der Waals surface area contributed by atoms with E-state index < -0.39 is 17.9 Å². The Bertz CT molecular complexity index is 418. The Morgan fingerprint density at radius 2 is 1.71 bits per heavy atom. The van der Waals surface area contributed by atoms with Gasteiger partial charge >= 0.3 is 23.9 Å². The van der Waals surface area contributed by atoms with Crippen molar-refractivity contribution in [1.29, 1.82) is 0 Å². The average molecular weight is 296 g/mol. The lowest BCUT2D eigenvalue weighted by Gasteiger charge is -1.89. The largest absolute Gasteiger partial charge is 0.466 e. The number of methoxy groups -OCH3 is 1. The van der Waals surface area contributed by atoms with Crippen molar-refractivity contribution < 1.29 is 33.4 Å². The van der Waals surface area contributed by atoms with Crippen molar-refractivity contribution in [3.63, 3.8) is 0 Å².